The molecule has 0 saturated heterocycles. The van der Waals surface area contributed by atoms with E-state index in [1.165, 1.54) is 0 Å². The summed E-state index contributed by atoms with van der Waals surface area (Å²) in [5, 5.41) is 0. The second-order valence-corrected chi connectivity index (χ2v) is 1.06. The van der Waals surface area contributed by atoms with E-state index < -0.39 is 16.5 Å². The number of rotatable bonds is 0. The number of hydrogen-bond acceptors (Lipinski definition) is 5. The third kappa shape index (κ3) is 296. The van der Waals surface area contributed by atoms with Gasteiger partial charge in [0.05, 0.1) is 0 Å². The molecule has 68 valence electrons. The quantitative estimate of drug-likeness (QED) is 0.282. The fourth-order valence-electron chi connectivity index (χ4n) is 0. The van der Waals surface area contributed by atoms with Gasteiger partial charge in [-0.05, 0) is 0 Å². The third-order valence-electron chi connectivity index (χ3n) is 0. The molecule has 0 aromatic rings. The molecule has 0 bridgehead atoms. The fourth-order valence-corrected chi connectivity index (χ4v) is 0. The topological polar surface area (TPSA) is 160 Å². The van der Waals surface area contributed by atoms with Crippen molar-refractivity contribution in [1.29, 1.82) is 0 Å². The first-order valence-corrected chi connectivity index (χ1v) is 3.31. The Labute approximate surface area is 79.5 Å². The molecule has 0 spiro atoms. The van der Waals surface area contributed by atoms with Crippen molar-refractivity contribution in [3.63, 3.8) is 0 Å². The summed E-state index contributed by atoms with van der Waals surface area (Å²) in [4.78, 5) is 0. The summed E-state index contributed by atoms with van der Waals surface area (Å²) in [7, 11) is 4.64. The van der Waals surface area contributed by atoms with Crippen molar-refractivity contribution in [3.05, 3.63) is 0 Å². The van der Waals surface area contributed by atoms with Crippen molar-refractivity contribution in [2.45, 2.75) is 0 Å². The van der Waals surface area contributed by atoms with Crippen molar-refractivity contribution in [2.24, 2.45) is 0 Å². The van der Waals surface area contributed by atoms with E-state index in [0.717, 1.165) is 0 Å². The van der Waals surface area contributed by atoms with E-state index in [4.69, 9.17) is 3.93 Å². The van der Waals surface area contributed by atoms with Gasteiger partial charge in [0.2, 0.25) is 0 Å². The zero-order chi connectivity index (χ0) is 2.71. The standard InChI is InChI=1S/3ClH.4H3N.H2O.Ru/h3*1H;4*1H3;1H2;/q;;;;;;;;+4/p-4. The maximum atomic E-state index is 7.42. The molecular weight excluding hydrogens is 279 g/mol. The van der Waals surface area contributed by atoms with Gasteiger partial charge in [-0.25, -0.2) is 0 Å². The second-order valence-electron chi connectivity index (χ2n) is 0.0598. The summed E-state index contributed by atoms with van der Waals surface area (Å²) >= 11 is -0.818. The van der Waals surface area contributed by atoms with Gasteiger partial charge in [-0.15, -0.1) is 0 Å². The molecule has 0 unspecified atom stereocenters. The zero-order valence-corrected chi connectivity index (χ0v) is 8.77. The third-order valence-corrected chi connectivity index (χ3v) is 0. The average Bonchev–Trinajstić information content (AvgIpc) is 0.918. The molecule has 9 heavy (non-hydrogen) atoms. The Morgan fingerprint density at radius 1 is 0.889 bits per heavy atom. The van der Waals surface area contributed by atoms with Gasteiger partial charge in [-0.3, -0.25) is 0 Å². The summed E-state index contributed by atoms with van der Waals surface area (Å²) in [5.74, 6) is 0. The molecule has 0 atom stereocenters. The van der Waals surface area contributed by atoms with Crippen LogP contribution in [0, 0.1) is 0 Å². The van der Waals surface area contributed by atoms with Crippen LogP contribution < -0.4 is 49.4 Å². The Morgan fingerprint density at radius 2 is 0.889 bits per heavy atom. The van der Waals surface area contributed by atoms with Crippen LogP contribution in [0.2, 0.25) is 0 Å². The van der Waals surface area contributed by atoms with Gasteiger partial charge in [0.1, 0.15) is 0 Å². The molecule has 0 aliphatic heterocycles. The van der Waals surface area contributed by atoms with Crippen LogP contribution in [0.4, 0.5) is 0 Å². The monoisotopic (exact) mass is 292 g/mol. The van der Waals surface area contributed by atoms with Gasteiger partial charge in [-0.1, -0.05) is 0 Å². The number of halogens is 3. The van der Waals surface area contributed by atoms with Crippen LogP contribution in [0.15, 0.2) is 0 Å². The maximum absolute atomic E-state index is 7.42. The SMILES string of the molecule is N.N.N.N.[Cl-].[Cl-].[OH][Ru+2][Cl]. The average molecular weight is 293 g/mol. The van der Waals surface area contributed by atoms with E-state index in [2.05, 4.69) is 9.69 Å². The van der Waals surface area contributed by atoms with E-state index in [1.54, 1.807) is 0 Å². The van der Waals surface area contributed by atoms with E-state index in [0.29, 0.717) is 0 Å². The van der Waals surface area contributed by atoms with Gasteiger partial charge < -0.3 is 49.4 Å². The summed E-state index contributed by atoms with van der Waals surface area (Å²) in [6.45, 7) is 0. The summed E-state index contributed by atoms with van der Waals surface area (Å²) in [6.07, 6.45) is 0. The van der Waals surface area contributed by atoms with Crippen LogP contribution in [0.5, 0.6) is 0 Å². The molecule has 0 aliphatic carbocycles. The molecule has 0 amide bonds. The van der Waals surface area contributed by atoms with Gasteiger partial charge in [0.15, 0.2) is 0 Å². The van der Waals surface area contributed by atoms with Crippen LogP contribution in [-0.2, 0) is 16.5 Å². The molecule has 13 N–H and O–H groups in total. The first kappa shape index (κ1) is 82.0. The van der Waals surface area contributed by atoms with Gasteiger partial charge in [0.25, 0.3) is 0 Å². The molecule has 0 rings (SSSR count). The van der Waals surface area contributed by atoms with Gasteiger partial charge >= 0.3 is 30.1 Å². The van der Waals surface area contributed by atoms with Crippen molar-refractivity contribution in [2.75, 3.05) is 0 Å². The van der Waals surface area contributed by atoms with E-state index in [9.17, 15) is 0 Å². The fraction of sp³-hybridized carbons (Fsp3) is 0. The molecule has 9 heteroatoms. The minimum absolute atomic E-state index is 0. The van der Waals surface area contributed by atoms with Crippen LogP contribution in [0.1, 0.15) is 0 Å². The predicted octanol–water partition coefficient (Wildman–Crippen LogP) is -5.21. The van der Waals surface area contributed by atoms with Crippen LogP contribution in [0.25, 0.3) is 0 Å². The van der Waals surface area contributed by atoms with Crippen LogP contribution in [0.3, 0.4) is 0 Å². The number of hydrogen-bond donors (Lipinski definition) is 5. The first-order chi connectivity index (χ1) is 1.41. The molecule has 5 nitrogen and oxygen atoms in total. The summed E-state index contributed by atoms with van der Waals surface area (Å²) < 4.78 is 7.42. The van der Waals surface area contributed by atoms with Crippen molar-refractivity contribution in [1.82, 2.24) is 24.6 Å². The van der Waals surface area contributed by atoms with Crippen molar-refractivity contribution >= 4 is 9.69 Å². The Hall–Kier alpha value is 1.29. The van der Waals surface area contributed by atoms with E-state index in [-0.39, 0.29) is 49.4 Å². The minimum atomic E-state index is -0.818. The van der Waals surface area contributed by atoms with Crippen molar-refractivity contribution in [3.8, 4) is 0 Å². The van der Waals surface area contributed by atoms with E-state index >= 15 is 0 Å². The van der Waals surface area contributed by atoms with Gasteiger partial charge in [-0.2, -0.15) is 0 Å². The van der Waals surface area contributed by atoms with Crippen LogP contribution in [-0.4, -0.2) is 3.93 Å². The zero-order valence-electron chi connectivity index (χ0n) is 4.76. The molecule has 0 radical (unpaired) electrons. The molecular formula is H13Cl3N4ORu. The molecule has 0 aromatic heterocycles. The molecule has 0 heterocycles. The molecule has 0 aromatic carbocycles. The molecule has 0 fully saturated rings. The Bertz CT molecular complexity index is 15.8. The first-order valence-electron chi connectivity index (χ1n) is 0.292. The Kier molecular flexibility index (Phi) is 1110. The Morgan fingerprint density at radius 3 is 0.889 bits per heavy atom. The van der Waals surface area contributed by atoms with Crippen LogP contribution >= 0.6 is 9.69 Å². The second kappa shape index (κ2) is 122. The molecule has 0 aliphatic rings. The van der Waals surface area contributed by atoms with E-state index in [1.807, 2.05) is 0 Å². The summed E-state index contributed by atoms with van der Waals surface area (Å²) in [6, 6.07) is 0. The predicted molar refractivity (Wildman–Crippen MR) is 28.2 cm³/mol. The summed E-state index contributed by atoms with van der Waals surface area (Å²) in [5.41, 5.74) is 0. The molecule has 0 saturated carbocycles. The Balaban J connectivity index is -0.00000000133. The van der Waals surface area contributed by atoms with Crippen molar-refractivity contribution < 1.29 is 45.2 Å². The van der Waals surface area contributed by atoms with Gasteiger partial charge in [0, 0.05) is 0 Å². The normalized spacial score (nSPS) is 2.00.